The molecule has 0 radical (unpaired) electrons. The first-order valence-electron chi connectivity index (χ1n) is 12.0. The summed E-state index contributed by atoms with van der Waals surface area (Å²) in [5.74, 6) is -4.96. The van der Waals surface area contributed by atoms with Gasteiger partial charge >= 0.3 is 6.18 Å². The highest BCUT2D eigenvalue weighted by Crippen LogP contribution is 2.33. The van der Waals surface area contributed by atoms with Gasteiger partial charge in [-0.1, -0.05) is 25.4 Å². The van der Waals surface area contributed by atoms with Gasteiger partial charge in [0.1, 0.15) is 26.5 Å². The van der Waals surface area contributed by atoms with Gasteiger partial charge in [0.25, 0.3) is 5.91 Å². The lowest BCUT2D eigenvalue weighted by molar-refractivity contribution is -0.169. The lowest BCUT2D eigenvalue weighted by Gasteiger charge is -2.35. The number of aliphatic hydroxyl groups is 1. The lowest BCUT2D eigenvalue weighted by Crippen LogP contribution is -2.47. The van der Waals surface area contributed by atoms with Gasteiger partial charge in [-0.3, -0.25) is 9.36 Å². The molecule has 1 unspecified atom stereocenters. The summed E-state index contributed by atoms with van der Waals surface area (Å²) in [6.07, 6.45) is -3.17. The molecule has 7 nitrogen and oxygen atoms in total. The SMILES string of the molecule is CCc1nc(C(=O)NC[C@]2(O)CC[C@H](S(C)(=O)=O)CC2)c(Cl)n1-c1c(F)cc(CC(C)C(F)(F)F)cc1F. The average molecular weight is 586 g/mol. The zero-order valence-corrected chi connectivity index (χ0v) is 22.6. The van der Waals surface area contributed by atoms with Crippen molar-refractivity contribution in [1.29, 1.82) is 0 Å². The van der Waals surface area contributed by atoms with Crippen molar-refractivity contribution in [2.45, 2.75) is 69.4 Å². The highest BCUT2D eigenvalue weighted by Gasteiger charge is 2.38. The number of sulfone groups is 1. The standard InChI is InChI=1S/C24H29ClF5N3O4S/c1-4-18-32-19(22(34)31-12-23(35)7-5-15(6-8-23)38(3,36)37)21(25)33(18)20-16(26)10-14(11-17(20)27)9-13(2)24(28,29)30/h10-11,13,15,35H,4-9,12H2,1-3H3,(H,31,34)/t13?,15-,23-. The van der Waals surface area contributed by atoms with Crippen LogP contribution in [0.5, 0.6) is 0 Å². The Morgan fingerprint density at radius 2 is 1.82 bits per heavy atom. The van der Waals surface area contributed by atoms with E-state index in [9.17, 15) is 31.5 Å². The fourth-order valence-corrected chi connectivity index (χ4v) is 5.94. The summed E-state index contributed by atoms with van der Waals surface area (Å²) in [5.41, 5.74) is -2.58. The van der Waals surface area contributed by atoms with E-state index in [-0.39, 0.29) is 55.7 Å². The molecule has 1 fully saturated rings. The van der Waals surface area contributed by atoms with Gasteiger partial charge < -0.3 is 10.4 Å². The monoisotopic (exact) mass is 585 g/mol. The summed E-state index contributed by atoms with van der Waals surface area (Å²) in [6, 6.07) is 1.58. The van der Waals surface area contributed by atoms with Crippen molar-refractivity contribution in [3.63, 3.8) is 0 Å². The van der Waals surface area contributed by atoms with Crippen LogP contribution in [-0.4, -0.2) is 58.8 Å². The maximum Gasteiger partial charge on any atom is 0.391 e. The summed E-state index contributed by atoms with van der Waals surface area (Å²) >= 11 is 6.32. The number of carbonyl (C=O) groups is 1. The van der Waals surface area contributed by atoms with Crippen molar-refractivity contribution in [3.8, 4) is 5.69 Å². The summed E-state index contributed by atoms with van der Waals surface area (Å²) in [5, 5.41) is 12.3. The Bertz CT molecular complexity index is 1280. The number of nitrogens with one attached hydrogen (secondary N) is 1. The van der Waals surface area contributed by atoms with Crippen LogP contribution in [0.2, 0.25) is 5.15 Å². The quantitative estimate of drug-likeness (QED) is 0.443. The van der Waals surface area contributed by atoms with Crippen LogP contribution in [0.4, 0.5) is 22.0 Å². The van der Waals surface area contributed by atoms with Gasteiger partial charge in [0.15, 0.2) is 17.3 Å². The molecule has 0 bridgehead atoms. The number of alkyl halides is 3. The number of halogens is 6. The molecule has 14 heteroatoms. The lowest BCUT2D eigenvalue weighted by atomic mass is 9.84. The third-order valence-corrected chi connectivity index (χ3v) is 8.90. The molecule has 38 heavy (non-hydrogen) atoms. The van der Waals surface area contributed by atoms with E-state index in [2.05, 4.69) is 10.3 Å². The van der Waals surface area contributed by atoms with E-state index in [1.807, 2.05) is 0 Å². The number of carbonyl (C=O) groups excluding carboxylic acids is 1. The molecule has 1 aliphatic carbocycles. The van der Waals surface area contributed by atoms with Gasteiger partial charge in [-0.2, -0.15) is 13.2 Å². The first-order valence-corrected chi connectivity index (χ1v) is 14.3. The molecule has 0 spiro atoms. The van der Waals surface area contributed by atoms with Gasteiger partial charge in [0.2, 0.25) is 0 Å². The summed E-state index contributed by atoms with van der Waals surface area (Å²) in [4.78, 5) is 17.0. The molecular formula is C24H29ClF5N3O4S. The van der Waals surface area contributed by atoms with E-state index in [4.69, 9.17) is 11.6 Å². The Morgan fingerprint density at radius 1 is 1.26 bits per heavy atom. The maximum atomic E-state index is 15.0. The Kier molecular flexibility index (Phi) is 8.84. The minimum atomic E-state index is -4.53. The molecule has 1 heterocycles. The van der Waals surface area contributed by atoms with Crippen molar-refractivity contribution in [3.05, 3.63) is 46.0 Å². The Morgan fingerprint density at radius 3 is 2.29 bits per heavy atom. The summed E-state index contributed by atoms with van der Waals surface area (Å²) in [7, 11) is -3.25. The number of benzene rings is 1. The van der Waals surface area contributed by atoms with Crippen molar-refractivity contribution in [1.82, 2.24) is 14.9 Å². The van der Waals surface area contributed by atoms with Gasteiger partial charge in [0, 0.05) is 19.2 Å². The molecule has 1 aliphatic rings. The van der Waals surface area contributed by atoms with E-state index in [0.717, 1.165) is 29.9 Å². The molecule has 212 valence electrons. The largest absolute Gasteiger partial charge is 0.391 e. The second-order valence-corrected chi connectivity index (χ2v) is 12.5. The molecule has 2 N–H and O–H groups in total. The van der Waals surface area contributed by atoms with Crippen LogP contribution in [-0.2, 0) is 22.7 Å². The van der Waals surface area contributed by atoms with Crippen LogP contribution in [0.15, 0.2) is 12.1 Å². The normalized spacial score (nSPS) is 21.4. The van der Waals surface area contributed by atoms with Gasteiger partial charge in [-0.25, -0.2) is 22.2 Å². The molecule has 0 saturated heterocycles. The number of hydrogen-bond donors (Lipinski definition) is 2. The average Bonchev–Trinajstić information content (AvgIpc) is 3.12. The summed E-state index contributed by atoms with van der Waals surface area (Å²) in [6.45, 7) is 2.29. The number of aryl methyl sites for hydroxylation is 1. The number of amides is 1. The first-order chi connectivity index (χ1) is 17.5. The zero-order valence-electron chi connectivity index (χ0n) is 21.0. The molecule has 1 amide bonds. The van der Waals surface area contributed by atoms with Crippen LogP contribution in [0, 0.1) is 17.6 Å². The zero-order chi connectivity index (χ0) is 28.6. The fourth-order valence-electron chi connectivity index (χ4n) is 4.53. The van der Waals surface area contributed by atoms with Gasteiger partial charge in [-0.15, -0.1) is 0 Å². The van der Waals surface area contributed by atoms with E-state index < -0.39 is 67.6 Å². The highest BCUT2D eigenvalue weighted by atomic mass is 35.5. The maximum absolute atomic E-state index is 15.0. The third kappa shape index (κ3) is 6.66. The number of nitrogens with zero attached hydrogens (tertiary/aromatic N) is 2. The van der Waals surface area contributed by atoms with Gasteiger partial charge in [0.05, 0.1) is 16.8 Å². The second-order valence-electron chi connectivity index (χ2n) is 9.85. The highest BCUT2D eigenvalue weighted by molar-refractivity contribution is 7.91. The molecule has 1 atom stereocenters. The molecule has 1 aromatic carbocycles. The number of imidazole rings is 1. The smallest absolute Gasteiger partial charge is 0.388 e. The predicted octanol–water partition coefficient (Wildman–Crippen LogP) is 4.56. The van der Waals surface area contributed by atoms with Crippen molar-refractivity contribution < 1.29 is 40.3 Å². The Balaban J connectivity index is 1.82. The third-order valence-electron chi connectivity index (χ3n) is 6.87. The van der Waals surface area contributed by atoms with Crippen molar-refractivity contribution >= 4 is 27.3 Å². The van der Waals surface area contributed by atoms with E-state index >= 15 is 8.78 Å². The number of hydrogen-bond acceptors (Lipinski definition) is 5. The van der Waals surface area contributed by atoms with Crippen LogP contribution in [0.1, 0.15) is 61.4 Å². The van der Waals surface area contributed by atoms with E-state index in [1.54, 1.807) is 6.92 Å². The second kappa shape index (κ2) is 11.1. The number of aromatic nitrogens is 2. The van der Waals surface area contributed by atoms with E-state index in [1.165, 1.54) is 0 Å². The van der Waals surface area contributed by atoms with Crippen LogP contribution < -0.4 is 5.32 Å². The molecule has 1 aromatic heterocycles. The molecule has 0 aliphatic heterocycles. The summed E-state index contributed by atoms with van der Waals surface area (Å²) < 4.78 is 93.0. The van der Waals surface area contributed by atoms with Crippen molar-refractivity contribution in [2.75, 3.05) is 12.8 Å². The minimum absolute atomic E-state index is 0.0294. The predicted molar refractivity (Wildman–Crippen MR) is 131 cm³/mol. The van der Waals surface area contributed by atoms with Crippen LogP contribution in [0.3, 0.4) is 0 Å². The molecule has 1 saturated carbocycles. The Hall–Kier alpha value is -2.25. The minimum Gasteiger partial charge on any atom is -0.388 e. The van der Waals surface area contributed by atoms with Crippen LogP contribution >= 0.6 is 11.6 Å². The molecular weight excluding hydrogens is 557 g/mol. The number of rotatable bonds is 8. The first kappa shape index (κ1) is 30.3. The fraction of sp³-hybridized carbons (Fsp3) is 0.583. The topological polar surface area (TPSA) is 101 Å². The van der Waals surface area contributed by atoms with Gasteiger partial charge in [-0.05, 0) is 49.8 Å². The van der Waals surface area contributed by atoms with E-state index in [0.29, 0.717) is 0 Å². The molecule has 3 rings (SSSR count). The van der Waals surface area contributed by atoms with Crippen molar-refractivity contribution in [2.24, 2.45) is 5.92 Å². The molecule has 2 aromatic rings. The Labute approximate surface area is 222 Å². The van der Waals surface area contributed by atoms with Crippen LogP contribution in [0.25, 0.3) is 5.69 Å².